The van der Waals surface area contributed by atoms with E-state index < -0.39 is 0 Å². The van der Waals surface area contributed by atoms with E-state index in [-0.39, 0.29) is 0 Å². The smallest absolute Gasteiger partial charge is 0.120 e. The maximum atomic E-state index is 6.53. The Balaban J connectivity index is 2.08. The van der Waals surface area contributed by atoms with Gasteiger partial charge in [0.15, 0.2) is 0 Å². The van der Waals surface area contributed by atoms with Crippen LogP contribution in [0.3, 0.4) is 0 Å². The van der Waals surface area contributed by atoms with Gasteiger partial charge < -0.3 is 4.74 Å². The van der Waals surface area contributed by atoms with Gasteiger partial charge in [0.25, 0.3) is 0 Å². The Bertz CT molecular complexity index is 993. The van der Waals surface area contributed by atoms with Crippen LogP contribution in [-0.4, -0.2) is 11.5 Å². The summed E-state index contributed by atoms with van der Waals surface area (Å²) in [5.41, 5.74) is 3.02. The van der Waals surface area contributed by atoms with Crippen LogP contribution in [-0.2, 0) is 0 Å². The molecule has 0 atom stereocenters. The van der Waals surface area contributed by atoms with Gasteiger partial charge >= 0.3 is 0 Å². The molecule has 4 heteroatoms. The predicted molar refractivity (Wildman–Crippen MR) is 94.1 cm³/mol. The number of ether oxygens (including phenoxy) is 1. The maximum absolute atomic E-state index is 6.53. The molecule has 0 spiro atoms. The molecule has 108 valence electrons. The highest BCUT2D eigenvalue weighted by Gasteiger charge is 2.12. The number of aromatic nitrogens is 1. The molecule has 1 aromatic heterocycles. The average molecular weight is 326 g/mol. The molecule has 0 unspecified atom stereocenters. The number of halogens is 1. The summed E-state index contributed by atoms with van der Waals surface area (Å²) in [6, 6.07) is 16.3. The highest BCUT2D eigenvalue weighted by atomic mass is 35.5. The second-order valence-corrected chi connectivity index (χ2v) is 6.14. The number of hydrogen-bond donors (Lipinski definition) is 0. The molecule has 4 aromatic rings. The number of benzene rings is 3. The van der Waals surface area contributed by atoms with E-state index in [2.05, 4.69) is 22.6 Å². The van der Waals surface area contributed by atoms with Gasteiger partial charge in [0.2, 0.25) is 0 Å². The van der Waals surface area contributed by atoms with Gasteiger partial charge in [-0.25, -0.2) is 0 Å². The van der Waals surface area contributed by atoms with Gasteiger partial charge in [-0.1, -0.05) is 35.9 Å². The number of rotatable bonds is 2. The van der Waals surface area contributed by atoms with Crippen LogP contribution in [0.4, 0.5) is 0 Å². The largest absolute Gasteiger partial charge is 0.497 e. The van der Waals surface area contributed by atoms with Crippen LogP contribution in [0.15, 0.2) is 53.9 Å². The minimum atomic E-state index is 0.728. The molecule has 0 aliphatic rings. The van der Waals surface area contributed by atoms with Gasteiger partial charge in [0, 0.05) is 21.4 Å². The minimum Gasteiger partial charge on any atom is -0.497 e. The van der Waals surface area contributed by atoms with E-state index in [9.17, 15) is 0 Å². The zero-order chi connectivity index (χ0) is 15.1. The molecule has 0 amide bonds. The Hall–Kier alpha value is -2.10. The molecule has 0 fully saturated rings. The van der Waals surface area contributed by atoms with Crippen LogP contribution in [0, 0.1) is 0 Å². The molecule has 0 aliphatic carbocycles. The lowest BCUT2D eigenvalue weighted by Gasteiger charge is -2.11. The van der Waals surface area contributed by atoms with Crippen LogP contribution in [0.1, 0.15) is 0 Å². The first kappa shape index (κ1) is 13.6. The van der Waals surface area contributed by atoms with E-state index in [4.69, 9.17) is 16.3 Å². The number of fused-ring (bicyclic) bond motifs is 2. The van der Waals surface area contributed by atoms with Crippen molar-refractivity contribution in [2.75, 3.05) is 7.11 Å². The second kappa shape index (κ2) is 5.27. The first-order valence-electron chi connectivity index (χ1n) is 6.87. The summed E-state index contributed by atoms with van der Waals surface area (Å²) in [5, 5.41) is 6.09. The fraction of sp³-hybridized carbons (Fsp3) is 0.0556. The third-order valence-corrected chi connectivity index (χ3v) is 4.78. The molecule has 22 heavy (non-hydrogen) atoms. The topological polar surface area (TPSA) is 22.1 Å². The minimum absolute atomic E-state index is 0.728. The maximum Gasteiger partial charge on any atom is 0.120 e. The Morgan fingerprint density at radius 2 is 1.86 bits per heavy atom. The van der Waals surface area contributed by atoms with Crippen molar-refractivity contribution < 1.29 is 4.74 Å². The molecule has 0 saturated heterocycles. The number of methoxy groups -OCH3 is 1. The summed E-state index contributed by atoms with van der Waals surface area (Å²) in [5.74, 6) is 0.822. The Labute approximate surface area is 137 Å². The third kappa shape index (κ3) is 2.14. The molecule has 0 radical (unpaired) electrons. The standard InChI is InChI=1S/C18H12ClNOS/c1-21-13-6-11-4-2-3-5-14(11)15(8-13)16-9-18-12(7-17(16)19)10-22-20-18/h2-10H,1H3. The Morgan fingerprint density at radius 3 is 2.73 bits per heavy atom. The first-order valence-corrected chi connectivity index (χ1v) is 8.08. The number of nitrogens with zero attached hydrogens (tertiary/aromatic N) is 1. The van der Waals surface area contributed by atoms with E-state index >= 15 is 0 Å². The quantitative estimate of drug-likeness (QED) is 0.466. The third-order valence-electron chi connectivity index (χ3n) is 3.81. The first-order chi connectivity index (χ1) is 10.8. The van der Waals surface area contributed by atoms with Crippen molar-refractivity contribution in [3.63, 3.8) is 0 Å². The average Bonchev–Trinajstić information content (AvgIpc) is 3.00. The molecular formula is C18H12ClNOS. The molecule has 0 N–H and O–H groups in total. The summed E-state index contributed by atoms with van der Waals surface area (Å²) < 4.78 is 9.86. The lowest BCUT2D eigenvalue weighted by atomic mass is 9.97. The zero-order valence-electron chi connectivity index (χ0n) is 11.8. The van der Waals surface area contributed by atoms with Crippen LogP contribution in [0.25, 0.3) is 32.8 Å². The fourth-order valence-corrected chi connectivity index (χ4v) is 3.62. The van der Waals surface area contributed by atoms with Crippen LogP contribution >= 0.6 is 23.1 Å². The molecule has 3 aromatic carbocycles. The van der Waals surface area contributed by atoms with E-state index in [0.29, 0.717) is 0 Å². The van der Waals surface area contributed by atoms with Crippen molar-refractivity contribution in [3.05, 3.63) is 58.9 Å². The summed E-state index contributed by atoms with van der Waals surface area (Å²) >= 11 is 7.97. The van der Waals surface area contributed by atoms with Crippen LogP contribution in [0.5, 0.6) is 5.75 Å². The summed E-state index contributed by atoms with van der Waals surface area (Å²) in [6.45, 7) is 0. The van der Waals surface area contributed by atoms with Gasteiger partial charge in [-0.05, 0) is 52.1 Å². The van der Waals surface area contributed by atoms with E-state index in [1.165, 1.54) is 11.5 Å². The fourth-order valence-electron chi connectivity index (χ4n) is 2.72. The van der Waals surface area contributed by atoms with E-state index in [1.54, 1.807) is 7.11 Å². The molecule has 1 heterocycles. The molecule has 0 saturated carbocycles. The highest BCUT2D eigenvalue weighted by molar-refractivity contribution is 7.04. The van der Waals surface area contributed by atoms with Gasteiger partial charge in [-0.2, -0.15) is 4.37 Å². The second-order valence-electron chi connectivity index (χ2n) is 5.10. The zero-order valence-corrected chi connectivity index (χ0v) is 13.4. The van der Waals surface area contributed by atoms with Gasteiger partial charge in [-0.15, -0.1) is 0 Å². The van der Waals surface area contributed by atoms with Crippen molar-refractivity contribution in [1.82, 2.24) is 4.37 Å². The Morgan fingerprint density at radius 1 is 1.00 bits per heavy atom. The van der Waals surface area contributed by atoms with Crippen molar-refractivity contribution in [1.29, 1.82) is 0 Å². The highest BCUT2D eigenvalue weighted by Crippen LogP contribution is 2.38. The van der Waals surface area contributed by atoms with Crippen molar-refractivity contribution in [3.8, 4) is 16.9 Å². The number of hydrogen-bond acceptors (Lipinski definition) is 3. The van der Waals surface area contributed by atoms with Crippen LogP contribution < -0.4 is 4.74 Å². The Kier molecular flexibility index (Phi) is 3.25. The van der Waals surface area contributed by atoms with Crippen molar-refractivity contribution >= 4 is 44.8 Å². The van der Waals surface area contributed by atoms with Crippen molar-refractivity contribution in [2.24, 2.45) is 0 Å². The van der Waals surface area contributed by atoms with Gasteiger partial charge in [0.1, 0.15) is 5.75 Å². The lowest BCUT2D eigenvalue weighted by Crippen LogP contribution is -1.88. The summed E-state index contributed by atoms with van der Waals surface area (Å²) in [6.07, 6.45) is 0. The summed E-state index contributed by atoms with van der Waals surface area (Å²) in [4.78, 5) is 0. The van der Waals surface area contributed by atoms with E-state index in [0.717, 1.165) is 43.6 Å². The summed E-state index contributed by atoms with van der Waals surface area (Å²) in [7, 11) is 1.68. The lowest BCUT2D eigenvalue weighted by molar-refractivity contribution is 0.415. The monoisotopic (exact) mass is 325 g/mol. The van der Waals surface area contributed by atoms with Gasteiger partial charge in [-0.3, -0.25) is 0 Å². The van der Waals surface area contributed by atoms with Crippen LogP contribution in [0.2, 0.25) is 5.02 Å². The SMILES string of the molecule is COc1cc(-c2cc3nscc3cc2Cl)c2ccccc2c1. The normalized spacial score (nSPS) is 11.2. The molecule has 4 rings (SSSR count). The molecule has 0 aliphatic heterocycles. The van der Waals surface area contributed by atoms with Crippen molar-refractivity contribution in [2.45, 2.75) is 0 Å². The molecule has 2 nitrogen and oxygen atoms in total. The predicted octanol–water partition coefficient (Wildman–Crippen LogP) is 5.78. The van der Waals surface area contributed by atoms with Gasteiger partial charge in [0.05, 0.1) is 12.6 Å². The molecule has 0 bridgehead atoms. The molecular weight excluding hydrogens is 314 g/mol. The van der Waals surface area contributed by atoms with E-state index in [1.807, 2.05) is 35.7 Å².